The standard InChI is InChI=1S/C11H17F3N2/c1-2-15-8-10-4-7-16(9-10)6-3-5-11(12,13)14/h4,7,9,15H,2-3,5-6,8H2,1H3. The van der Waals surface area contributed by atoms with E-state index in [1.165, 1.54) is 0 Å². The molecule has 0 saturated carbocycles. The first-order valence-corrected chi connectivity index (χ1v) is 5.43. The van der Waals surface area contributed by atoms with Gasteiger partial charge < -0.3 is 9.88 Å². The first-order chi connectivity index (χ1) is 7.51. The number of aromatic nitrogens is 1. The first kappa shape index (κ1) is 13.1. The molecule has 0 bridgehead atoms. The summed E-state index contributed by atoms with van der Waals surface area (Å²) < 4.78 is 37.5. The van der Waals surface area contributed by atoms with E-state index < -0.39 is 12.6 Å². The van der Waals surface area contributed by atoms with Gasteiger partial charge in [-0.2, -0.15) is 13.2 Å². The van der Waals surface area contributed by atoms with Crippen molar-refractivity contribution in [2.75, 3.05) is 6.54 Å². The Morgan fingerprint density at radius 3 is 2.75 bits per heavy atom. The highest BCUT2D eigenvalue weighted by molar-refractivity contribution is 5.09. The predicted octanol–water partition coefficient (Wildman–Crippen LogP) is 2.94. The number of rotatable bonds is 6. The lowest BCUT2D eigenvalue weighted by atomic mass is 10.3. The van der Waals surface area contributed by atoms with Crippen molar-refractivity contribution >= 4 is 0 Å². The van der Waals surface area contributed by atoms with E-state index in [1.54, 1.807) is 4.57 Å². The number of nitrogens with zero attached hydrogens (tertiary/aromatic N) is 1. The lowest BCUT2D eigenvalue weighted by molar-refractivity contribution is -0.135. The highest BCUT2D eigenvalue weighted by atomic mass is 19.4. The second-order valence-corrected chi connectivity index (χ2v) is 3.76. The van der Waals surface area contributed by atoms with Crippen molar-refractivity contribution < 1.29 is 13.2 Å². The molecule has 0 amide bonds. The fraction of sp³-hybridized carbons (Fsp3) is 0.636. The van der Waals surface area contributed by atoms with Crippen molar-refractivity contribution in [3.8, 4) is 0 Å². The molecule has 0 aliphatic heterocycles. The Morgan fingerprint density at radius 2 is 2.12 bits per heavy atom. The summed E-state index contributed by atoms with van der Waals surface area (Å²) in [5.74, 6) is 0. The number of halogens is 3. The zero-order valence-corrected chi connectivity index (χ0v) is 9.35. The molecule has 92 valence electrons. The van der Waals surface area contributed by atoms with E-state index in [0.717, 1.165) is 18.7 Å². The Kier molecular flexibility index (Phi) is 4.86. The third kappa shape index (κ3) is 5.21. The number of hydrogen-bond donors (Lipinski definition) is 1. The second kappa shape index (κ2) is 5.94. The number of nitrogens with one attached hydrogen (secondary N) is 1. The van der Waals surface area contributed by atoms with Crippen molar-refractivity contribution in [2.45, 2.75) is 39.0 Å². The third-order valence-corrected chi connectivity index (χ3v) is 2.27. The molecule has 0 atom stereocenters. The molecule has 1 N–H and O–H groups in total. The molecule has 5 heteroatoms. The summed E-state index contributed by atoms with van der Waals surface area (Å²) in [6.45, 7) is 4.09. The molecule has 0 fully saturated rings. The monoisotopic (exact) mass is 234 g/mol. The van der Waals surface area contributed by atoms with E-state index >= 15 is 0 Å². The summed E-state index contributed by atoms with van der Waals surface area (Å²) in [4.78, 5) is 0. The van der Waals surface area contributed by atoms with Crippen LogP contribution in [0, 0.1) is 0 Å². The van der Waals surface area contributed by atoms with E-state index in [-0.39, 0.29) is 6.42 Å². The zero-order chi connectivity index (χ0) is 12.0. The van der Waals surface area contributed by atoms with Crippen molar-refractivity contribution in [3.05, 3.63) is 24.0 Å². The van der Waals surface area contributed by atoms with Crippen molar-refractivity contribution in [2.24, 2.45) is 0 Å². The molecule has 0 radical (unpaired) electrons. The highest BCUT2D eigenvalue weighted by Gasteiger charge is 2.25. The second-order valence-electron chi connectivity index (χ2n) is 3.76. The van der Waals surface area contributed by atoms with Crippen LogP contribution in [0.3, 0.4) is 0 Å². The van der Waals surface area contributed by atoms with E-state index in [4.69, 9.17) is 0 Å². The minimum Gasteiger partial charge on any atom is -0.354 e. The van der Waals surface area contributed by atoms with Gasteiger partial charge in [0.15, 0.2) is 0 Å². The van der Waals surface area contributed by atoms with E-state index in [1.807, 2.05) is 25.4 Å². The van der Waals surface area contributed by atoms with Gasteiger partial charge in [0.25, 0.3) is 0 Å². The van der Waals surface area contributed by atoms with Crippen molar-refractivity contribution in [1.82, 2.24) is 9.88 Å². The maximum atomic E-state index is 11.9. The van der Waals surface area contributed by atoms with Gasteiger partial charge in [-0.3, -0.25) is 0 Å². The lowest BCUT2D eigenvalue weighted by Crippen LogP contribution is -2.11. The highest BCUT2D eigenvalue weighted by Crippen LogP contribution is 2.21. The van der Waals surface area contributed by atoms with Gasteiger partial charge in [0.2, 0.25) is 0 Å². The third-order valence-electron chi connectivity index (χ3n) is 2.27. The van der Waals surface area contributed by atoms with Crippen molar-refractivity contribution in [3.63, 3.8) is 0 Å². The molecule has 1 aromatic heterocycles. The number of alkyl halides is 3. The van der Waals surface area contributed by atoms with Crippen LogP contribution < -0.4 is 5.32 Å². The normalized spacial score (nSPS) is 12.0. The SMILES string of the molecule is CCNCc1ccn(CCCC(F)(F)F)c1. The van der Waals surface area contributed by atoms with E-state index in [9.17, 15) is 13.2 Å². The molecule has 0 aliphatic carbocycles. The topological polar surface area (TPSA) is 17.0 Å². The lowest BCUT2D eigenvalue weighted by Gasteiger charge is -2.06. The fourth-order valence-corrected chi connectivity index (χ4v) is 1.47. The minimum absolute atomic E-state index is 0.138. The number of aryl methyl sites for hydroxylation is 1. The minimum atomic E-state index is -4.04. The Balaban J connectivity index is 2.29. The van der Waals surface area contributed by atoms with Crippen LogP contribution in [0.15, 0.2) is 18.5 Å². The van der Waals surface area contributed by atoms with Gasteiger partial charge in [0, 0.05) is 31.9 Å². The van der Waals surface area contributed by atoms with E-state index in [2.05, 4.69) is 5.32 Å². The molecule has 0 spiro atoms. The Hall–Kier alpha value is -0.970. The molecule has 0 unspecified atom stereocenters. The van der Waals surface area contributed by atoms with Crippen LogP contribution in [-0.4, -0.2) is 17.3 Å². The fourth-order valence-electron chi connectivity index (χ4n) is 1.47. The summed E-state index contributed by atoms with van der Waals surface area (Å²) >= 11 is 0. The van der Waals surface area contributed by atoms with Gasteiger partial charge >= 0.3 is 6.18 Å². The van der Waals surface area contributed by atoms with E-state index in [0.29, 0.717) is 6.54 Å². The van der Waals surface area contributed by atoms with Crippen molar-refractivity contribution in [1.29, 1.82) is 0 Å². The number of hydrogen-bond acceptors (Lipinski definition) is 1. The first-order valence-electron chi connectivity index (χ1n) is 5.43. The van der Waals surface area contributed by atoms with Crippen LogP contribution in [0.1, 0.15) is 25.3 Å². The average Bonchev–Trinajstić information content (AvgIpc) is 2.61. The predicted molar refractivity (Wildman–Crippen MR) is 57.1 cm³/mol. The maximum absolute atomic E-state index is 11.9. The molecule has 1 aromatic rings. The largest absolute Gasteiger partial charge is 0.389 e. The van der Waals surface area contributed by atoms with Crippen LogP contribution in [0.4, 0.5) is 13.2 Å². The van der Waals surface area contributed by atoms with Gasteiger partial charge in [0.05, 0.1) is 0 Å². The average molecular weight is 234 g/mol. The van der Waals surface area contributed by atoms with Crippen LogP contribution in [0.5, 0.6) is 0 Å². The molecule has 0 aromatic carbocycles. The molecule has 0 aliphatic rings. The van der Waals surface area contributed by atoms with Crippen LogP contribution in [0.25, 0.3) is 0 Å². The smallest absolute Gasteiger partial charge is 0.354 e. The Morgan fingerprint density at radius 1 is 1.38 bits per heavy atom. The Labute approximate surface area is 93.5 Å². The Bertz CT molecular complexity index is 304. The van der Waals surface area contributed by atoms with Gasteiger partial charge in [-0.15, -0.1) is 0 Å². The quantitative estimate of drug-likeness (QED) is 0.800. The summed E-state index contributed by atoms with van der Waals surface area (Å²) in [5.41, 5.74) is 1.11. The molecular weight excluding hydrogens is 217 g/mol. The summed E-state index contributed by atoms with van der Waals surface area (Å²) in [6.07, 6.45) is -0.908. The van der Waals surface area contributed by atoms with Crippen LogP contribution >= 0.6 is 0 Å². The molecule has 16 heavy (non-hydrogen) atoms. The molecule has 2 nitrogen and oxygen atoms in total. The summed E-state index contributed by atoms with van der Waals surface area (Å²) in [5, 5.41) is 3.16. The molecule has 0 saturated heterocycles. The van der Waals surface area contributed by atoms with Gasteiger partial charge in [-0.1, -0.05) is 6.92 Å². The van der Waals surface area contributed by atoms with Gasteiger partial charge in [-0.25, -0.2) is 0 Å². The zero-order valence-electron chi connectivity index (χ0n) is 9.35. The van der Waals surface area contributed by atoms with Crippen LogP contribution in [-0.2, 0) is 13.1 Å². The molecular formula is C11H17F3N2. The van der Waals surface area contributed by atoms with Gasteiger partial charge in [0.1, 0.15) is 0 Å². The molecule has 1 heterocycles. The summed E-state index contributed by atoms with van der Waals surface area (Å²) in [7, 11) is 0. The summed E-state index contributed by atoms with van der Waals surface area (Å²) in [6, 6.07) is 1.93. The maximum Gasteiger partial charge on any atom is 0.389 e. The van der Waals surface area contributed by atoms with Gasteiger partial charge in [-0.05, 0) is 24.6 Å². The van der Waals surface area contributed by atoms with Crippen LogP contribution in [0.2, 0.25) is 0 Å². The molecule has 1 rings (SSSR count).